The van der Waals surface area contributed by atoms with E-state index in [0.29, 0.717) is 5.92 Å². The van der Waals surface area contributed by atoms with E-state index in [4.69, 9.17) is 5.73 Å². The first kappa shape index (κ1) is 14.7. The molecule has 0 fully saturated rings. The van der Waals surface area contributed by atoms with Gasteiger partial charge in [0, 0.05) is 11.4 Å². The highest BCUT2D eigenvalue weighted by atomic mass is 14.7. The lowest BCUT2D eigenvalue weighted by Gasteiger charge is -2.15. The fourth-order valence-corrected chi connectivity index (χ4v) is 2.62. The van der Waals surface area contributed by atoms with Gasteiger partial charge in [-0.25, -0.2) is 0 Å². The first-order chi connectivity index (χ1) is 9.45. The maximum Gasteiger partial charge on any atom is 0.0553 e. The predicted molar refractivity (Wildman–Crippen MR) is 84.7 cm³/mol. The zero-order valence-electron chi connectivity index (χ0n) is 12.9. The minimum atomic E-state index is -0.0810. The molecular weight excluding hydrogens is 244 g/mol. The van der Waals surface area contributed by atoms with Crippen LogP contribution in [0.15, 0.2) is 36.4 Å². The fraction of sp³-hybridized carbons (Fsp3) is 0.389. The van der Waals surface area contributed by atoms with Gasteiger partial charge in [0.2, 0.25) is 0 Å². The molecule has 2 heteroatoms. The van der Waals surface area contributed by atoms with Crippen molar-refractivity contribution >= 4 is 0 Å². The van der Waals surface area contributed by atoms with E-state index in [0.717, 1.165) is 23.4 Å². The molecule has 0 aliphatic rings. The molecule has 2 N–H and O–H groups in total. The number of nitrogens with two attached hydrogens (primary N) is 1. The summed E-state index contributed by atoms with van der Waals surface area (Å²) >= 11 is 0. The highest BCUT2D eigenvalue weighted by Gasteiger charge is 2.11. The monoisotopic (exact) mass is 268 g/mol. The summed E-state index contributed by atoms with van der Waals surface area (Å²) in [4.78, 5) is 4.41. The second kappa shape index (κ2) is 6.19. The lowest BCUT2D eigenvalue weighted by molar-refractivity contribution is 0.646. The number of aromatic nitrogens is 1. The summed E-state index contributed by atoms with van der Waals surface area (Å²) in [5.41, 5.74) is 12.1. The van der Waals surface area contributed by atoms with Crippen molar-refractivity contribution in [3.8, 4) is 0 Å². The Kier molecular flexibility index (Phi) is 4.56. The van der Waals surface area contributed by atoms with Crippen molar-refractivity contribution in [2.24, 2.45) is 11.7 Å². The molecule has 1 heterocycles. The number of aryl methyl sites for hydroxylation is 2. The summed E-state index contributed by atoms with van der Waals surface area (Å²) in [7, 11) is 0. The van der Waals surface area contributed by atoms with E-state index < -0.39 is 0 Å². The van der Waals surface area contributed by atoms with Crippen LogP contribution in [0.4, 0.5) is 0 Å². The molecule has 2 aromatic rings. The van der Waals surface area contributed by atoms with Crippen molar-refractivity contribution in [1.82, 2.24) is 4.98 Å². The Labute approximate surface area is 122 Å². The largest absolute Gasteiger partial charge is 0.320 e. The standard InChI is InChI=1S/C18H24N2/c1-12(2)8-15-6-5-7-16(11-15)18(19)17-9-13(3)20-14(4)10-17/h5-7,9-12,18H,8,19H2,1-4H3. The van der Waals surface area contributed by atoms with Crippen molar-refractivity contribution in [3.63, 3.8) is 0 Å². The van der Waals surface area contributed by atoms with Crippen LogP contribution in [0, 0.1) is 19.8 Å². The third-order valence-corrected chi connectivity index (χ3v) is 3.42. The van der Waals surface area contributed by atoms with Crippen LogP contribution in [0.5, 0.6) is 0 Å². The maximum absolute atomic E-state index is 6.43. The molecule has 0 spiro atoms. The molecule has 1 unspecified atom stereocenters. The second-order valence-electron chi connectivity index (χ2n) is 6.00. The molecule has 1 aromatic heterocycles. The molecule has 0 saturated carbocycles. The van der Waals surface area contributed by atoms with E-state index >= 15 is 0 Å². The van der Waals surface area contributed by atoms with Crippen LogP contribution < -0.4 is 5.73 Å². The number of nitrogens with zero attached hydrogens (tertiary/aromatic N) is 1. The van der Waals surface area contributed by atoms with E-state index in [-0.39, 0.29) is 6.04 Å². The van der Waals surface area contributed by atoms with E-state index in [1.165, 1.54) is 11.1 Å². The van der Waals surface area contributed by atoms with Crippen molar-refractivity contribution in [2.75, 3.05) is 0 Å². The predicted octanol–water partition coefficient (Wildman–Crippen LogP) is 3.95. The van der Waals surface area contributed by atoms with Gasteiger partial charge in [-0.2, -0.15) is 0 Å². The molecule has 0 aliphatic carbocycles. The number of rotatable bonds is 4. The van der Waals surface area contributed by atoms with Gasteiger partial charge in [-0.15, -0.1) is 0 Å². The lowest BCUT2D eigenvalue weighted by Crippen LogP contribution is -2.13. The van der Waals surface area contributed by atoms with E-state index in [1.54, 1.807) is 0 Å². The Hall–Kier alpha value is -1.67. The van der Waals surface area contributed by atoms with E-state index in [9.17, 15) is 0 Å². The normalized spacial score (nSPS) is 12.7. The van der Waals surface area contributed by atoms with Crippen molar-refractivity contribution in [1.29, 1.82) is 0 Å². The van der Waals surface area contributed by atoms with Crippen molar-refractivity contribution < 1.29 is 0 Å². The number of hydrogen-bond acceptors (Lipinski definition) is 2. The molecule has 1 aromatic carbocycles. The number of benzene rings is 1. The van der Waals surface area contributed by atoms with Crippen LogP contribution >= 0.6 is 0 Å². The minimum Gasteiger partial charge on any atom is -0.320 e. The molecule has 20 heavy (non-hydrogen) atoms. The summed E-state index contributed by atoms with van der Waals surface area (Å²) in [5, 5.41) is 0. The quantitative estimate of drug-likeness (QED) is 0.912. The first-order valence-corrected chi connectivity index (χ1v) is 7.25. The van der Waals surface area contributed by atoms with Gasteiger partial charge in [-0.05, 0) is 55.0 Å². The van der Waals surface area contributed by atoms with Gasteiger partial charge in [0.15, 0.2) is 0 Å². The van der Waals surface area contributed by atoms with Gasteiger partial charge in [0.1, 0.15) is 0 Å². The van der Waals surface area contributed by atoms with Gasteiger partial charge in [-0.3, -0.25) is 4.98 Å². The zero-order valence-corrected chi connectivity index (χ0v) is 12.9. The molecule has 0 radical (unpaired) electrons. The topological polar surface area (TPSA) is 38.9 Å². The van der Waals surface area contributed by atoms with Gasteiger partial charge in [0.05, 0.1) is 6.04 Å². The van der Waals surface area contributed by atoms with E-state index in [2.05, 4.69) is 55.2 Å². The van der Waals surface area contributed by atoms with Crippen LogP contribution in [-0.4, -0.2) is 4.98 Å². The maximum atomic E-state index is 6.43. The van der Waals surface area contributed by atoms with Crippen molar-refractivity contribution in [2.45, 2.75) is 40.2 Å². The SMILES string of the molecule is Cc1cc(C(N)c2cccc(CC(C)C)c2)cc(C)n1. The summed E-state index contributed by atoms with van der Waals surface area (Å²) in [6.07, 6.45) is 1.09. The summed E-state index contributed by atoms with van der Waals surface area (Å²) in [6, 6.07) is 12.7. The van der Waals surface area contributed by atoms with Crippen LogP contribution in [0.2, 0.25) is 0 Å². The summed E-state index contributed by atoms with van der Waals surface area (Å²) in [5.74, 6) is 0.659. The third kappa shape index (κ3) is 3.67. The molecule has 2 rings (SSSR count). The van der Waals surface area contributed by atoms with Gasteiger partial charge < -0.3 is 5.73 Å². The Balaban J connectivity index is 2.30. The number of pyridine rings is 1. The summed E-state index contributed by atoms with van der Waals surface area (Å²) in [6.45, 7) is 8.50. The fourth-order valence-electron chi connectivity index (χ4n) is 2.62. The molecule has 0 saturated heterocycles. The van der Waals surface area contributed by atoms with Gasteiger partial charge in [-0.1, -0.05) is 38.1 Å². The highest BCUT2D eigenvalue weighted by molar-refractivity contribution is 5.35. The Bertz CT molecular complexity index is 567. The summed E-state index contributed by atoms with van der Waals surface area (Å²) < 4.78 is 0. The Morgan fingerprint density at radius 2 is 1.65 bits per heavy atom. The van der Waals surface area contributed by atoms with Crippen LogP contribution in [0.25, 0.3) is 0 Å². The minimum absolute atomic E-state index is 0.0810. The molecule has 1 atom stereocenters. The Morgan fingerprint density at radius 1 is 1.00 bits per heavy atom. The number of hydrogen-bond donors (Lipinski definition) is 1. The van der Waals surface area contributed by atoms with Gasteiger partial charge >= 0.3 is 0 Å². The Morgan fingerprint density at radius 3 is 2.25 bits per heavy atom. The molecule has 0 bridgehead atoms. The lowest BCUT2D eigenvalue weighted by atomic mass is 9.95. The van der Waals surface area contributed by atoms with E-state index in [1.807, 2.05) is 13.8 Å². The van der Waals surface area contributed by atoms with Crippen molar-refractivity contribution in [3.05, 3.63) is 64.5 Å². The van der Waals surface area contributed by atoms with Crippen LogP contribution in [0.3, 0.4) is 0 Å². The van der Waals surface area contributed by atoms with Crippen LogP contribution in [-0.2, 0) is 6.42 Å². The van der Waals surface area contributed by atoms with Gasteiger partial charge in [0.25, 0.3) is 0 Å². The zero-order chi connectivity index (χ0) is 14.7. The molecule has 2 nitrogen and oxygen atoms in total. The molecule has 0 aliphatic heterocycles. The van der Waals surface area contributed by atoms with Crippen LogP contribution in [0.1, 0.15) is 48.0 Å². The third-order valence-electron chi connectivity index (χ3n) is 3.42. The molecule has 106 valence electrons. The average molecular weight is 268 g/mol. The molecular formula is C18H24N2. The smallest absolute Gasteiger partial charge is 0.0553 e. The average Bonchev–Trinajstić information content (AvgIpc) is 2.36. The highest BCUT2D eigenvalue weighted by Crippen LogP contribution is 2.22. The first-order valence-electron chi connectivity index (χ1n) is 7.25. The molecule has 0 amide bonds. The second-order valence-corrected chi connectivity index (χ2v) is 6.00.